The molecule has 0 aliphatic carbocycles. The third-order valence-electron chi connectivity index (χ3n) is 6.83. The second kappa shape index (κ2) is 10.0. The van der Waals surface area contributed by atoms with Gasteiger partial charge in [0.2, 0.25) is 5.88 Å². The zero-order valence-electron chi connectivity index (χ0n) is 20.2. The third kappa shape index (κ3) is 5.11. The van der Waals surface area contributed by atoms with Crippen LogP contribution in [0, 0.1) is 0 Å². The minimum atomic E-state index is -4.60. The maximum absolute atomic E-state index is 13.9. The highest BCUT2D eigenvalue weighted by Crippen LogP contribution is 2.40. The molecule has 1 fully saturated rings. The minimum absolute atomic E-state index is 0.00372. The van der Waals surface area contributed by atoms with Gasteiger partial charge in [-0.05, 0) is 63.9 Å². The van der Waals surface area contributed by atoms with Crippen LogP contribution in [0.25, 0.3) is 5.57 Å². The van der Waals surface area contributed by atoms with Gasteiger partial charge in [-0.2, -0.15) is 28.4 Å². The highest BCUT2D eigenvalue weighted by atomic mass is 35.5. The Morgan fingerprint density at radius 1 is 1.13 bits per heavy atom. The summed E-state index contributed by atoms with van der Waals surface area (Å²) in [5.41, 5.74) is 0.471. The number of halogens is 4. The first-order valence-electron chi connectivity index (χ1n) is 12.0. The summed E-state index contributed by atoms with van der Waals surface area (Å²) in [4.78, 5) is 6.88. The van der Waals surface area contributed by atoms with Crippen LogP contribution in [0.3, 0.4) is 0 Å². The number of hydrogen-bond acceptors (Lipinski definition) is 9. The number of aromatic nitrogens is 5. The Kier molecular flexibility index (Phi) is 6.55. The van der Waals surface area contributed by atoms with Crippen molar-refractivity contribution in [2.75, 3.05) is 18.0 Å². The lowest BCUT2D eigenvalue weighted by Crippen LogP contribution is -2.34. The molecule has 6 rings (SSSR count). The molecule has 0 atom stereocenters. The van der Waals surface area contributed by atoms with Crippen LogP contribution < -0.4 is 15.5 Å². The Balaban J connectivity index is 1.40. The van der Waals surface area contributed by atoms with Crippen LogP contribution in [0.2, 0.25) is 5.02 Å². The molecule has 2 aromatic heterocycles. The summed E-state index contributed by atoms with van der Waals surface area (Å²) in [6.45, 7) is 1.33. The average molecular weight is 573 g/mol. The van der Waals surface area contributed by atoms with E-state index in [9.17, 15) is 18.3 Å². The van der Waals surface area contributed by atoms with Crippen molar-refractivity contribution >= 4 is 39.9 Å². The summed E-state index contributed by atoms with van der Waals surface area (Å²) in [7, 11) is 0. The molecule has 0 unspecified atom stereocenters. The van der Waals surface area contributed by atoms with E-state index < -0.39 is 11.7 Å². The zero-order chi connectivity index (χ0) is 27.1. The second-order valence-corrected chi connectivity index (χ2v) is 10.6. The molecule has 0 radical (unpaired) electrons. The summed E-state index contributed by atoms with van der Waals surface area (Å²) in [5.74, 6) is -0.228. The van der Waals surface area contributed by atoms with Crippen molar-refractivity contribution in [2.24, 2.45) is 10.2 Å². The van der Waals surface area contributed by atoms with Gasteiger partial charge in [-0.3, -0.25) is 0 Å². The van der Waals surface area contributed by atoms with Gasteiger partial charge >= 0.3 is 6.18 Å². The van der Waals surface area contributed by atoms with Gasteiger partial charge in [-0.1, -0.05) is 35.1 Å². The number of piperidine rings is 1. The molecule has 0 spiro atoms. The zero-order valence-corrected chi connectivity index (χ0v) is 21.7. The Bertz CT molecular complexity index is 1680. The molecule has 2 aliphatic heterocycles. The van der Waals surface area contributed by atoms with Crippen LogP contribution >= 0.6 is 22.9 Å². The average Bonchev–Trinajstić information content (AvgIpc) is 3.68. The number of alkyl halides is 3. The lowest BCUT2D eigenvalue weighted by atomic mass is 9.96. The second-order valence-electron chi connectivity index (χ2n) is 9.23. The molecule has 200 valence electrons. The topological polar surface area (TPSA) is 105 Å². The first-order chi connectivity index (χ1) is 18.8. The van der Waals surface area contributed by atoms with Crippen molar-refractivity contribution in [1.29, 1.82) is 0 Å². The molecular formula is C25H20ClF3N8OS. The van der Waals surface area contributed by atoms with Crippen molar-refractivity contribution in [3.8, 4) is 5.88 Å². The number of aromatic hydroxyl groups is 1. The molecule has 39 heavy (non-hydrogen) atoms. The smallest absolute Gasteiger partial charge is 0.416 e. The Labute approximate surface area is 228 Å². The van der Waals surface area contributed by atoms with Gasteiger partial charge in [0.15, 0.2) is 5.13 Å². The molecule has 4 heterocycles. The van der Waals surface area contributed by atoms with E-state index in [2.05, 4.69) is 35.6 Å². The SMILES string of the molecule is Oc1nc(N2CCC(n3cnnn3)CC2)sc1C(Cc1ccc(Cl)cc1C(F)(F)F)=c1ccc2c(c1)C=NN=2. The first kappa shape index (κ1) is 25.4. The van der Waals surface area contributed by atoms with Crippen molar-refractivity contribution in [3.05, 3.63) is 79.9 Å². The predicted octanol–water partition coefficient (Wildman–Crippen LogP) is 3.76. The Morgan fingerprint density at radius 2 is 1.95 bits per heavy atom. The predicted molar refractivity (Wildman–Crippen MR) is 140 cm³/mol. The van der Waals surface area contributed by atoms with Gasteiger partial charge in [0.25, 0.3) is 0 Å². The number of fused-ring (bicyclic) bond motifs is 1. The fourth-order valence-electron chi connectivity index (χ4n) is 4.85. The van der Waals surface area contributed by atoms with Gasteiger partial charge < -0.3 is 10.0 Å². The third-order valence-corrected chi connectivity index (χ3v) is 8.23. The van der Waals surface area contributed by atoms with Crippen LogP contribution in [0.1, 0.15) is 40.5 Å². The van der Waals surface area contributed by atoms with Gasteiger partial charge in [0.05, 0.1) is 28.1 Å². The van der Waals surface area contributed by atoms with Gasteiger partial charge in [0.1, 0.15) is 6.33 Å². The number of benzene rings is 2. The van der Waals surface area contributed by atoms with E-state index in [4.69, 9.17) is 11.6 Å². The van der Waals surface area contributed by atoms with Crippen LogP contribution in [0.15, 0.2) is 52.9 Å². The van der Waals surface area contributed by atoms with Gasteiger partial charge in [-0.25, -0.2) is 4.68 Å². The van der Waals surface area contributed by atoms with Gasteiger partial charge in [0, 0.05) is 30.1 Å². The van der Waals surface area contributed by atoms with Crippen molar-refractivity contribution in [2.45, 2.75) is 31.5 Å². The van der Waals surface area contributed by atoms with E-state index in [-0.39, 0.29) is 28.9 Å². The first-order valence-corrected chi connectivity index (χ1v) is 13.2. The van der Waals surface area contributed by atoms with Crippen LogP contribution in [0.4, 0.5) is 18.3 Å². The van der Waals surface area contributed by atoms with Crippen molar-refractivity contribution in [3.63, 3.8) is 0 Å². The summed E-state index contributed by atoms with van der Waals surface area (Å²) in [6, 6.07) is 9.23. The van der Waals surface area contributed by atoms with Gasteiger partial charge in [-0.15, -0.1) is 5.10 Å². The summed E-state index contributed by atoms with van der Waals surface area (Å²) in [6.07, 6.45) is 0.0484. The number of tetrazole rings is 1. The number of thiazole rings is 1. The molecule has 1 saturated heterocycles. The maximum atomic E-state index is 13.9. The minimum Gasteiger partial charge on any atom is -0.492 e. The lowest BCUT2D eigenvalue weighted by Gasteiger charge is -2.31. The molecule has 2 aromatic carbocycles. The van der Waals surface area contributed by atoms with E-state index in [0.29, 0.717) is 39.2 Å². The Morgan fingerprint density at radius 3 is 2.69 bits per heavy atom. The molecule has 14 heteroatoms. The fourth-order valence-corrected chi connectivity index (χ4v) is 6.10. The monoisotopic (exact) mass is 572 g/mol. The largest absolute Gasteiger partial charge is 0.492 e. The summed E-state index contributed by atoms with van der Waals surface area (Å²) in [5, 5.41) is 32.2. The van der Waals surface area contributed by atoms with E-state index >= 15 is 0 Å². The highest BCUT2D eigenvalue weighted by molar-refractivity contribution is 7.17. The van der Waals surface area contributed by atoms with E-state index in [1.165, 1.54) is 23.5 Å². The highest BCUT2D eigenvalue weighted by Gasteiger charge is 2.34. The molecule has 0 bridgehead atoms. The molecular weight excluding hydrogens is 553 g/mol. The number of anilines is 1. The molecule has 0 saturated carbocycles. The number of nitrogens with zero attached hydrogens (tertiary/aromatic N) is 8. The van der Waals surface area contributed by atoms with Crippen molar-refractivity contribution < 1.29 is 18.3 Å². The van der Waals surface area contributed by atoms with Crippen LogP contribution in [0.5, 0.6) is 5.88 Å². The molecule has 0 amide bonds. The van der Waals surface area contributed by atoms with E-state index in [0.717, 1.165) is 24.5 Å². The molecule has 9 nitrogen and oxygen atoms in total. The van der Waals surface area contributed by atoms with E-state index in [1.54, 1.807) is 29.4 Å². The van der Waals surface area contributed by atoms with Crippen LogP contribution in [-0.2, 0) is 12.6 Å². The van der Waals surface area contributed by atoms with Crippen molar-refractivity contribution in [1.82, 2.24) is 25.2 Å². The summed E-state index contributed by atoms with van der Waals surface area (Å²) >= 11 is 7.17. The quantitative estimate of drug-likeness (QED) is 0.390. The van der Waals surface area contributed by atoms with E-state index in [1.807, 2.05) is 6.07 Å². The number of hydrogen-bond donors (Lipinski definition) is 1. The Hall–Kier alpha value is -3.84. The van der Waals surface area contributed by atoms with Crippen LogP contribution in [-0.4, -0.2) is 49.6 Å². The summed E-state index contributed by atoms with van der Waals surface area (Å²) < 4.78 is 43.6. The number of rotatable bonds is 5. The molecule has 2 aliphatic rings. The normalized spacial score (nSPS) is 16.4. The standard InChI is InChI=1S/C25H20ClF3N8OS/c26-17-3-1-15(20(11-17)25(27,28)29)10-19(14-2-4-21-16(9-14)12-30-33-21)22-23(38)32-24(39-22)36-7-5-18(6-8-36)37-13-31-34-35-37/h1-4,9,11-13,18,38H,5-8,10H2. The fraction of sp³-hybridized carbons (Fsp3) is 0.280. The lowest BCUT2D eigenvalue weighted by molar-refractivity contribution is -0.138. The molecule has 4 aromatic rings. The molecule has 1 N–H and O–H groups in total. The maximum Gasteiger partial charge on any atom is 0.416 e.